The predicted molar refractivity (Wildman–Crippen MR) is 121 cm³/mol. The molecule has 0 fully saturated rings. The van der Waals surface area contributed by atoms with Gasteiger partial charge in [-0.3, -0.25) is 19.0 Å². The van der Waals surface area contributed by atoms with Gasteiger partial charge in [-0.2, -0.15) is 11.8 Å². The number of methoxy groups -OCH3 is 1. The van der Waals surface area contributed by atoms with E-state index in [9.17, 15) is 19.2 Å². The molecule has 0 aliphatic heterocycles. The van der Waals surface area contributed by atoms with Crippen molar-refractivity contribution in [2.45, 2.75) is 31.7 Å². The fraction of sp³-hybridized carbons (Fsp3) is 0.364. The number of nitrogens with one attached hydrogen (secondary N) is 1. The highest BCUT2D eigenvalue weighted by Gasteiger charge is 2.28. The lowest BCUT2D eigenvalue weighted by Crippen LogP contribution is -2.44. The van der Waals surface area contributed by atoms with Gasteiger partial charge in [0.2, 0.25) is 0 Å². The Morgan fingerprint density at radius 3 is 2.58 bits per heavy atom. The van der Waals surface area contributed by atoms with Crippen molar-refractivity contribution < 1.29 is 19.1 Å². The molecule has 3 rings (SSSR count). The summed E-state index contributed by atoms with van der Waals surface area (Å²) in [4.78, 5) is 51.0. The summed E-state index contributed by atoms with van der Waals surface area (Å²) in [6.45, 7) is 0. The number of aromatic nitrogens is 1. The normalized spacial score (nSPS) is 14.0. The quantitative estimate of drug-likeness (QED) is 0.635. The third kappa shape index (κ3) is 5.02. The van der Waals surface area contributed by atoms with Crippen LogP contribution in [0.3, 0.4) is 0 Å². The minimum absolute atomic E-state index is 0.120. The van der Waals surface area contributed by atoms with Crippen LogP contribution in [0.5, 0.6) is 0 Å². The summed E-state index contributed by atoms with van der Waals surface area (Å²) in [6.07, 6.45) is 3.76. The van der Waals surface area contributed by atoms with Gasteiger partial charge in [-0.15, -0.1) is 0 Å². The first-order valence-electron chi connectivity index (χ1n) is 9.83. The van der Waals surface area contributed by atoms with Crippen LogP contribution in [-0.4, -0.2) is 47.4 Å². The molecule has 0 radical (unpaired) electrons. The zero-order chi connectivity index (χ0) is 22.5. The highest BCUT2D eigenvalue weighted by molar-refractivity contribution is 7.98. The summed E-state index contributed by atoms with van der Waals surface area (Å²) in [5.41, 5.74) is 0.697. The number of thioether (sulfide) groups is 1. The van der Waals surface area contributed by atoms with Crippen molar-refractivity contribution in [3.8, 4) is 5.69 Å². The van der Waals surface area contributed by atoms with E-state index < -0.39 is 23.5 Å². The van der Waals surface area contributed by atoms with Crippen LogP contribution < -0.4 is 10.9 Å². The second kappa shape index (κ2) is 10.2. The summed E-state index contributed by atoms with van der Waals surface area (Å²) in [5, 5.41) is 3.10. The highest BCUT2D eigenvalue weighted by Crippen LogP contribution is 2.24. The van der Waals surface area contributed by atoms with E-state index in [4.69, 9.17) is 16.3 Å². The summed E-state index contributed by atoms with van der Waals surface area (Å²) < 4.78 is 6.17. The smallest absolute Gasteiger partial charge is 0.328 e. The number of amides is 1. The lowest BCUT2D eigenvalue weighted by atomic mass is 9.92. The molecule has 0 saturated carbocycles. The molecule has 1 aromatic carbocycles. The monoisotopic (exact) mass is 462 g/mol. The number of hydrogen-bond donors (Lipinski definition) is 1. The number of ketones is 1. The number of pyridine rings is 1. The average Bonchev–Trinajstić information content (AvgIpc) is 2.76. The van der Waals surface area contributed by atoms with E-state index >= 15 is 0 Å². The van der Waals surface area contributed by atoms with Gasteiger partial charge in [0.05, 0.1) is 7.11 Å². The number of ether oxygens (including phenoxy) is 1. The van der Waals surface area contributed by atoms with Gasteiger partial charge < -0.3 is 10.1 Å². The van der Waals surface area contributed by atoms with E-state index in [-0.39, 0.29) is 11.3 Å². The topological polar surface area (TPSA) is 94.5 Å². The fourth-order valence-electron chi connectivity index (χ4n) is 3.58. The molecule has 2 aromatic rings. The Morgan fingerprint density at radius 1 is 1.23 bits per heavy atom. The van der Waals surface area contributed by atoms with E-state index in [2.05, 4.69) is 5.32 Å². The number of halogens is 1. The molecule has 1 aliphatic carbocycles. The summed E-state index contributed by atoms with van der Waals surface area (Å²) in [7, 11) is 1.24. The lowest BCUT2D eigenvalue weighted by molar-refractivity contribution is -0.142. The van der Waals surface area contributed by atoms with Crippen molar-refractivity contribution in [1.82, 2.24) is 9.88 Å². The van der Waals surface area contributed by atoms with Crippen LogP contribution in [0.1, 0.15) is 45.7 Å². The predicted octanol–water partition coefficient (Wildman–Crippen LogP) is 3.03. The molecule has 1 heterocycles. The summed E-state index contributed by atoms with van der Waals surface area (Å²) in [5.74, 6) is -0.803. The van der Waals surface area contributed by atoms with Gasteiger partial charge in [-0.25, -0.2) is 4.79 Å². The molecule has 0 spiro atoms. The number of nitrogens with zero attached hydrogens (tertiary/aromatic N) is 1. The standard InChI is InChI=1S/C22H23ClN2O5S/c1-30-22(29)17(10-11-31-2)24-20(27)16-12-15-18(4-3-5-19(15)26)25(21(16)28)14-8-6-13(23)7-9-14/h6-9,12,17H,3-5,10-11H2,1-2H3,(H,24,27)/t17-/m1/s1. The van der Waals surface area contributed by atoms with Crippen LogP contribution in [-0.2, 0) is 16.0 Å². The van der Waals surface area contributed by atoms with Crippen molar-refractivity contribution in [2.24, 2.45) is 0 Å². The lowest BCUT2D eigenvalue weighted by Gasteiger charge is -2.22. The van der Waals surface area contributed by atoms with Crippen LogP contribution >= 0.6 is 23.4 Å². The molecular formula is C22H23ClN2O5S. The highest BCUT2D eigenvalue weighted by atomic mass is 35.5. The van der Waals surface area contributed by atoms with Crippen molar-refractivity contribution in [3.05, 3.63) is 62.5 Å². The fourth-order valence-corrected chi connectivity index (χ4v) is 4.18. The van der Waals surface area contributed by atoms with Crippen LogP contribution in [0.2, 0.25) is 5.02 Å². The Morgan fingerprint density at radius 2 is 1.94 bits per heavy atom. The average molecular weight is 463 g/mol. The molecule has 1 atom stereocenters. The number of carbonyl (C=O) groups excluding carboxylic acids is 3. The maximum absolute atomic E-state index is 13.3. The first-order valence-corrected chi connectivity index (χ1v) is 11.6. The van der Waals surface area contributed by atoms with Crippen molar-refractivity contribution >= 4 is 41.0 Å². The minimum atomic E-state index is -0.889. The molecule has 164 valence electrons. The summed E-state index contributed by atoms with van der Waals surface area (Å²) in [6, 6.07) is 7.08. The molecule has 0 bridgehead atoms. The third-order valence-electron chi connectivity index (χ3n) is 5.15. The maximum atomic E-state index is 13.3. The molecule has 7 nitrogen and oxygen atoms in total. The summed E-state index contributed by atoms with van der Waals surface area (Å²) >= 11 is 7.50. The van der Waals surface area contributed by atoms with E-state index in [1.165, 1.54) is 29.5 Å². The molecule has 31 heavy (non-hydrogen) atoms. The van der Waals surface area contributed by atoms with E-state index in [0.717, 1.165) is 0 Å². The Kier molecular flexibility index (Phi) is 7.56. The molecular weight excluding hydrogens is 440 g/mol. The largest absolute Gasteiger partial charge is 0.467 e. The molecule has 1 N–H and O–H groups in total. The van der Waals surface area contributed by atoms with Crippen LogP contribution in [0.15, 0.2) is 35.1 Å². The van der Waals surface area contributed by atoms with Gasteiger partial charge in [0.25, 0.3) is 11.5 Å². The molecule has 1 amide bonds. The van der Waals surface area contributed by atoms with Gasteiger partial charge in [0.1, 0.15) is 11.6 Å². The second-order valence-electron chi connectivity index (χ2n) is 7.14. The zero-order valence-corrected chi connectivity index (χ0v) is 18.8. The Bertz CT molecular complexity index is 1060. The third-order valence-corrected chi connectivity index (χ3v) is 6.05. The van der Waals surface area contributed by atoms with Gasteiger partial charge in [-0.1, -0.05) is 11.6 Å². The first-order chi connectivity index (χ1) is 14.9. The molecule has 9 heteroatoms. The number of esters is 1. The second-order valence-corrected chi connectivity index (χ2v) is 8.56. The van der Waals surface area contributed by atoms with Gasteiger partial charge in [-0.05, 0) is 61.6 Å². The van der Waals surface area contributed by atoms with Crippen LogP contribution in [0.25, 0.3) is 5.69 Å². The van der Waals surface area contributed by atoms with Crippen LogP contribution in [0, 0.1) is 0 Å². The minimum Gasteiger partial charge on any atom is -0.467 e. The van der Waals surface area contributed by atoms with Crippen molar-refractivity contribution in [3.63, 3.8) is 0 Å². The zero-order valence-electron chi connectivity index (χ0n) is 17.3. The van der Waals surface area contributed by atoms with E-state index in [0.29, 0.717) is 53.4 Å². The number of carbonyl (C=O) groups is 3. The number of hydrogen-bond acceptors (Lipinski definition) is 6. The molecule has 1 aromatic heterocycles. The Balaban J connectivity index is 2.09. The Labute approximate surface area is 189 Å². The Hall–Kier alpha value is -2.58. The maximum Gasteiger partial charge on any atom is 0.328 e. The van der Waals surface area contributed by atoms with Gasteiger partial charge in [0.15, 0.2) is 5.78 Å². The van der Waals surface area contributed by atoms with Gasteiger partial charge in [0, 0.05) is 28.4 Å². The molecule has 1 aliphatic rings. The van der Waals surface area contributed by atoms with Gasteiger partial charge >= 0.3 is 5.97 Å². The first kappa shape index (κ1) is 23.1. The molecule has 0 saturated heterocycles. The van der Waals surface area contributed by atoms with Crippen LogP contribution in [0.4, 0.5) is 0 Å². The van der Waals surface area contributed by atoms with Crippen molar-refractivity contribution in [2.75, 3.05) is 19.1 Å². The van der Waals surface area contributed by atoms with E-state index in [1.54, 1.807) is 24.3 Å². The van der Waals surface area contributed by atoms with Crippen molar-refractivity contribution in [1.29, 1.82) is 0 Å². The SMILES string of the molecule is COC(=O)[C@@H](CCSC)NC(=O)c1cc2c(n(-c3ccc(Cl)cc3)c1=O)CCCC2=O. The number of Topliss-reactive ketones (excluding diaryl/α,β-unsaturated/α-hetero) is 1. The molecule has 0 unspecified atom stereocenters. The van der Waals surface area contributed by atoms with E-state index in [1.807, 2.05) is 6.26 Å². The number of benzene rings is 1. The number of fused-ring (bicyclic) bond motifs is 1. The number of rotatable bonds is 7.